The monoisotopic (exact) mass is 827 g/mol. The van der Waals surface area contributed by atoms with Gasteiger partial charge in [-0.15, -0.1) is 0 Å². The van der Waals surface area contributed by atoms with Crippen molar-refractivity contribution in [1.82, 2.24) is 18.9 Å². The number of amides is 1. The molecule has 0 aliphatic carbocycles. The number of aryl methyl sites for hydroxylation is 5. The highest BCUT2D eigenvalue weighted by molar-refractivity contribution is 6.76. The molecule has 3 aromatic carbocycles. The summed E-state index contributed by atoms with van der Waals surface area (Å²) in [5, 5.41) is 17.7. The number of hydrogen-bond acceptors (Lipinski definition) is 5. The molecule has 0 radical (unpaired) electrons. The van der Waals surface area contributed by atoms with Gasteiger partial charge in [-0.2, -0.15) is 5.10 Å². The van der Waals surface area contributed by atoms with Crippen molar-refractivity contribution in [3.8, 4) is 16.9 Å². The third-order valence-corrected chi connectivity index (χ3v) is 13.8. The molecule has 6 aromatic rings. The Hall–Kier alpha value is -4.55. The molecular formula is C44H51Cl2N5O5Si. The van der Waals surface area contributed by atoms with Crippen molar-refractivity contribution in [2.45, 2.75) is 85.9 Å². The topological polar surface area (TPSA) is 104 Å². The highest BCUT2D eigenvalue weighted by atomic mass is 35.5. The number of carbonyl (C=O) groups is 2. The molecule has 1 amide bonds. The number of fused-ring (bicyclic) bond motifs is 4. The van der Waals surface area contributed by atoms with Crippen LogP contribution in [-0.2, 0) is 24.9 Å². The van der Waals surface area contributed by atoms with Gasteiger partial charge in [0.05, 0.1) is 34.1 Å². The van der Waals surface area contributed by atoms with Crippen LogP contribution < -0.4 is 9.64 Å². The Morgan fingerprint density at radius 3 is 2.39 bits per heavy atom. The molecule has 0 fully saturated rings. The molecule has 57 heavy (non-hydrogen) atoms. The molecule has 0 saturated carbocycles. The minimum absolute atomic E-state index is 0.153. The van der Waals surface area contributed by atoms with Crippen molar-refractivity contribution in [2.75, 3.05) is 24.7 Å². The summed E-state index contributed by atoms with van der Waals surface area (Å²) in [4.78, 5) is 29.0. The summed E-state index contributed by atoms with van der Waals surface area (Å²) in [6, 6.07) is 13.8. The molecule has 10 nitrogen and oxygen atoms in total. The van der Waals surface area contributed by atoms with Crippen LogP contribution in [0.3, 0.4) is 0 Å². The van der Waals surface area contributed by atoms with E-state index in [4.69, 9.17) is 37.8 Å². The molecule has 3 aromatic heterocycles. The number of nitrogens with zero attached hydrogens (tertiary/aromatic N) is 5. The van der Waals surface area contributed by atoms with Crippen LogP contribution in [0.2, 0.25) is 35.7 Å². The molecule has 1 aliphatic rings. The molecular weight excluding hydrogens is 778 g/mol. The lowest BCUT2D eigenvalue weighted by molar-refractivity contribution is 0.0696. The Bertz CT molecular complexity index is 2540. The predicted molar refractivity (Wildman–Crippen MR) is 233 cm³/mol. The maximum Gasteiger partial charge on any atom is 0.335 e. The summed E-state index contributed by atoms with van der Waals surface area (Å²) in [5.41, 5.74) is 9.55. The summed E-state index contributed by atoms with van der Waals surface area (Å²) in [7, 11) is 0.654. The molecule has 1 N–H and O–H groups in total. The van der Waals surface area contributed by atoms with E-state index in [2.05, 4.69) is 31.1 Å². The Labute approximate surface area is 344 Å². The van der Waals surface area contributed by atoms with E-state index in [0.717, 1.165) is 72.4 Å². The summed E-state index contributed by atoms with van der Waals surface area (Å²) in [6.45, 7) is 18.9. The largest absolute Gasteiger partial charge is 0.494 e. The zero-order chi connectivity index (χ0) is 41.1. The van der Waals surface area contributed by atoms with Crippen molar-refractivity contribution < 1.29 is 24.2 Å². The maximum atomic E-state index is 15.1. The number of anilines is 1. The van der Waals surface area contributed by atoms with E-state index in [1.54, 1.807) is 23.1 Å². The van der Waals surface area contributed by atoms with E-state index >= 15 is 4.79 Å². The molecule has 1 atom stereocenters. The van der Waals surface area contributed by atoms with Crippen molar-refractivity contribution in [3.05, 3.63) is 98.0 Å². The van der Waals surface area contributed by atoms with Gasteiger partial charge in [0, 0.05) is 78.6 Å². The zero-order valence-electron chi connectivity index (χ0n) is 34.2. The summed E-state index contributed by atoms with van der Waals surface area (Å²) in [5.74, 6) is -0.415. The predicted octanol–water partition coefficient (Wildman–Crippen LogP) is 10.8. The fraction of sp³-hybridized carbons (Fsp3) is 0.386. The number of carboxylic acid groups (broad SMARTS) is 1. The first-order valence-electron chi connectivity index (χ1n) is 19.5. The van der Waals surface area contributed by atoms with Gasteiger partial charge < -0.3 is 28.6 Å². The third-order valence-electron chi connectivity index (χ3n) is 11.2. The van der Waals surface area contributed by atoms with Gasteiger partial charge in [-0.1, -0.05) is 48.9 Å². The average molecular weight is 829 g/mol. The Morgan fingerprint density at radius 2 is 1.70 bits per heavy atom. The van der Waals surface area contributed by atoms with Crippen LogP contribution in [-0.4, -0.2) is 63.7 Å². The fourth-order valence-corrected chi connectivity index (χ4v) is 9.35. The Balaban J connectivity index is 1.34. The fourth-order valence-electron chi connectivity index (χ4n) is 8.23. The number of halogens is 2. The summed E-state index contributed by atoms with van der Waals surface area (Å²) < 4.78 is 18.4. The Morgan fingerprint density at radius 1 is 0.982 bits per heavy atom. The number of aromatic nitrogens is 4. The summed E-state index contributed by atoms with van der Waals surface area (Å²) >= 11 is 13.6. The molecule has 300 valence electrons. The first-order valence-corrected chi connectivity index (χ1v) is 23.9. The molecule has 0 unspecified atom stereocenters. The smallest absolute Gasteiger partial charge is 0.335 e. The van der Waals surface area contributed by atoms with Gasteiger partial charge >= 0.3 is 5.97 Å². The maximum absolute atomic E-state index is 15.1. The van der Waals surface area contributed by atoms with Crippen molar-refractivity contribution in [2.24, 2.45) is 7.05 Å². The first-order chi connectivity index (χ1) is 27.0. The van der Waals surface area contributed by atoms with E-state index in [9.17, 15) is 9.90 Å². The van der Waals surface area contributed by atoms with Gasteiger partial charge in [0.1, 0.15) is 18.2 Å². The van der Waals surface area contributed by atoms with Crippen molar-refractivity contribution in [3.63, 3.8) is 0 Å². The second kappa shape index (κ2) is 15.7. The van der Waals surface area contributed by atoms with E-state index < -0.39 is 14.0 Å². The molecule has 7 rings (SSSR count). The van der Waals surface area contributed by atoms with Crippen molar-refractivity contribution in [1.29, 1.82) is 0 Å². The lowest BCUT2D eigenvalue weighted by Crippen LogP contribution is -2.42. The van der Waals surface area contributed by atoms with Crippen molar-refractivity contribution >= 4 is 70.6 Å². The van der Waals surface area contributed by atoms with Gasteiger partial charge in [-0.25, -0.2) is 9.48 Å². The van der Waals surface area contributed by atoms with Crippen LogP contribution in [0.15, 0.2) is 48.7 Å². The van der Waals surface area contributed by atoms with Crippen LogP contribution in [0.1, 0.15) is 68.3 Å². The molecule has 0 saturated heterocycles. The lowest BCUT2D eigenvalue weighted by Gasteiger charge is -2.34. The highest BCUT2D eigenvalue weighted by Gasteiger charge is 2.38. The zero-order valence-corrected chi connectivity index (χ0v) is 36.7. The second-order valence-electron chi connectivity index (χ2n) is 16.7. The highest BCUT2D eigenvalue weighted by Crippen LogP contribution is 2.46. The van der Waals surface area contributed by atoms with E-state index in [1.165, 1.54) is 0 Å². The molecule has 0 spiro atoms. The third kappa shape index (κ3) is 7.62. The van der Waals surface area contributed by atoms with Crippen LogP contribution in [0.4, 0.5) is 5.69 Å². The van der Waals surface area contributed by atoms with Crippen LogP contribution in [0, 0.1) is 27.7 Å². The van der Waals surface area contributed by atoms with Gasteiger partial charge in [-0.3, -0.25) is 4.79 Å². The first kappa shape index (κ1) is 40.6. The number of rotatable bonds is 13. The average Bonchev–Trinajstić information content (AvgIpc) is 3.76. The quantitative estimate of drug-likeness (QED) is 0.0918. The number of aromatic carboxylic acids is 1. The van der Waals surface area contributed by atoms with Gasteiger partial charge in [-0.05, 0) is 107 Å². The van der Waals surface area contributed by atoms with Gasteiger partial charge in [0.15, 0.2) is 0 Å². The lowest BCUT2D eigenvalue weighted by atomic mass is 9.98. The molecule has 1 aliphatic heterocycles. The number of ether oxygens (including phenoxy) is 2. The number of hydrogen-bond donors (Lipinski definition) is 1. The standard InChI is InChI=1S/C44H51Cl2N5O5Si/c1-25-19-31(20-26(2)40(25)46)56-16-10-11-32-33-13-14-35(45)39(38-28(4)47-50(29(38)5)24-55-17-18-57(7,8)9)41(33)51-27(3)22-49(43(52)42(32)51)37-23-48(6)36-15-12-30(44(53)54)21-34(36)37/h12-15,19-21,23,27H,10-11,16-18,22,24H2,1-9H3,(H,53,54)/t27-/m1/s1. The number of benzene rings is 3. The normalized spacial score (nSPS) is 14.6. The molecule has 4 heterocycles. The number of carboxylic acids is 1. The number of carbonyl (C=O) groups excluding carboxylic acids is 1. The molecule has 13 heteroatoms. The van der Waals surface area contributed by atoms with E-state index in [1.807, 2.05) is 74.5 Å². The summed E-state index contributed by atoms with van der Waals surface area (Å²) in [6.07, 6.45) is 3.13. The SMILES string of the molecule is Cc1cc(OCCCc2c3n(c4c(-c5c(C)nn(COCC[Si](C)(C)C)c5C)c(Cl)ccc24)[C@H](C)CN(c2cn(C)c4ccc(C(=O)O)cc24)C3=O)cc(C)c1Cl. The minimum atomic E-state index is -1.26. The van der Waals surface area contributed by atoms with E-state index in [-0.39, 0.29) is 17.5 Å². The minimum Gasteiger partial charge on any atom is -0.494 e. The second-order valence-corrected chi connectivity index (χ2v) is 23.1. The van der Waals surface area contributed by atoms with Crippen LogP contribution >= 0.6 is 23.2 Å². The van der Waals surface area contributed by atoms with Gasteiger partial charge in [0.2, 0.25) is 0 Å². The molecule has 0 bridgehead atoms. The Kier molecular flexibility index (Phi) is 11.2. The van der Waals surface area contributed by atoms with Crippen LogP contribution in [0.25, 0.3) is 32.9 Å². The van der Waals surface area contributed by atoms with Crippen LogP contribution in [0.5, 0.6) is 5.75 Å². The van der Waals surface area contributed by atoms with E-state index in [0.29, 0.717) is 61.1 Å². The van der Waals surface area contributed by atoms with Gasteiger partial charge in [0.25, 0.3) is 5.91 Å².